The maximum atomic E-state index is 13.2. The molecule has 0 atom stereocenters. The van der Waals surface area contributed by atoms with E-state index in [0.29, 0.717) is 11.3 Å². The summed E-state index contributed by atoms with van der Waals surface area (Å²) in [5, 5.41) is 2.16. The lowest BCUT2D eigenvalue weighted by Crippen LogP contribution is -1.79. The highest BCUT2D eigenvalue weighted by molar-refractivity contribution is 9.10. The third-order valence-electron chi connectivity index (χ3n) is 1.80. The molecule has 0 radical (unpaired) electrons. The topological polar surface area (TPSA) is 0 Å². The highest BCUT2D eigenvalue weighted by atomic mass is 79.9. The molecule has 0 spiro atoms. The zero-order valence-corrected chi connectivity index (χ0v) is 9.64. The molecule has 2 rings (SSSR count). The molecule has 68 valence electrons. The van der Waals surface area contributed by atoms with Gasteiger partial charge in [-0.05, 0) is 33.6 Å². The number of hydrogen-bond donors (Lipinski definition) is 0. The van der Waals surface area contributed by atoms with Crippen molar-refractivity contribution < 1.29 is 4.39 Å². The number of halogens is 3. The van der Waals surface area contributed by atoms with E-state index in [1.54, 1.807) is 6.07 Å². The van der Waals surface area contributed by atoms with Crippen molar-refractivity contribution in [2.45, 2.75) is 5.88 Å². The summed E-state index contributed by atoms with van der Waals surface area (Å²) < 4.78 is 15.0. The van der Waals surface area contributed by atoms with Crippen LogP contribution in [-0.4, -0.2) is 0 Å². The smallest absolute Gasteiger partial charge is 0.141 e. The molecule has 0 N–H and O–H groups in total. The second kappa shape index (κ2) is 3.56. The van der Waals surface area contributed by atoms with Gasteiger partial charge in [-0.25, -0.2) is 4.39 Å². The number of alkyl halides is 1. The van der Waals surface area contributed by atoms with Crippen LogP contribution in [0.15, 0.2) is 22.0 Å². The van der Waals surface area contributed by atoms with Crippen molar-refractivity contribution >= 4 is 49.0 Å². The molecule has 1 aromatic carbocycles. The summed E-state index contributed by atoms with van der Waals surface area (Å²) in [5.41, 5.74) is 0.929. The molecular formula is C9H5BrClFS. The van der Waals surface area contributed by atoms with Gasteiger partial charge in [-0.3, -0.25) is 0 Å². The van der Waals surface area contributed by atoms with Gasteiger partial charge in [0.05, 0.1) is 4.70 Å². The van der Waals surface area contributed by atoms with Crippen LogP contribution in [0.4, 0.5) is 4.39 Å². The Bertz CT molecular complexity index is 452. The summed E-state index contributed by atoms with van der Waals surface area (Å²) in [6, 6.07) is 3.71. The minimum absolute atomic E-state index is 0.173. The van der Waals surface area contributed by atoms with Crippen molar-refractivity contribution in [3.05, 3.63) is 33.4 Å². The van der Waals surface area contributed by atoms with Gasteiger partial charge in [0.1, 0.15) is 5.82 Å². The highest BCUT2D eigenvalue weighted by Crippen LogP contribution is 2.33. The van der Waals surface area contributed by atoms with E-state index in [9.17, 15) is 4.39 Å². The van der Waals surface area contributed by atoms with Crippen molar-refractivity contribution in [1.82, 2.24) is 0 Å². The van der Waals surface area contributed by atoms with Gasteiger partial charge in [0.2, 0.25) is 0 Å². The predicted octanol–water partition coefficient (Wildman–Crippen LogP) is 4.54. The van der Waals surface area contributed by atoms with Crippen molar-refractivity contribution in [3.8, 4) is 0 Å². The number of fused-ring (bicyclic) bond motifs is 1. The molecule has 0 amide bonds. The average Bonchev–Trinajstić information content (AvgIpc) is 2.48. The molecule has 0 nitrogen and oxygen atoms in total. The maximum absolute atomic E-state index is 13.2. The first kappa shape index (κ1) is 9.44. The monoisotopic (exact) mass is 278 g/mol. The summed E-state index contributed by atoms with van der Waals surface area (Å²) in [7, 11) is 0. The Kier molecular flexibility index (Phi) is 2.58. The largest absolute Gasteiger partial charge is 0.205 e. The van der Waals surface area contributed by atoms with Crippen LogP contribution in [0.1, 0.15) is 5.56 Å². The fourth-order valence-corrected chi connectivity index (χ4v) is 2.94. The lowest BCUT2D eigenvalue weighted by molar-refractivity contribution is 0.644. The number of hydrogen-bond acceptors (Lipinski definition) is 1. The molecule has 2 aromatic rings. The van der Waals surface area contributed by atoms with Gasteiger partial charge in [0, 0.05) is 21.1 Å². The minimum Gasteiger partial charge on any atom is -0.205 e. The Balaban J connectivity index is 2.80. The van der Waals surface area contributed by atoms with Gasteiger partial charge in [-0.1, -0.05) is 0 Å². The summed E-state index contributed by atoms with van der Waals surface area (Å²) in [5.74, 6) is 0.233. The Morgan fingerprint density at radius 3 is 2.92 bits per heavy atom. The number of benzene rings is 1. The first-order chi connectivity index (χ1) is 6.22. The van der Waals surface area contributed by atoms with Crippen molar-refractivity contribution in [1.29, 1.82) is 0 Å². The summed E-state index contributed by atoms with van der Waals surface area (Å²) in [6.45, 7) is 0. The summed E-state index contributed by atoms with van der Waals surface area (Å²) >= 11 is 10.5. The van der Waals surface area contributed by atoms with E-state index in [4.69, 9.17) is 11.6 Å². The summed E-state index contributed by atoms with van der Waals surface area (Å²) in [4.78, 5) is 0. The zero-order valence-electron chi connectivity index (χ0n) is 6.48. The Labute approximate surface area is 92.5 Å². The highest BCUT2D eigenvalue weighted by Gasteiger charge is 2.07. The molecule has 1 aromatic heterocycles. The molecule has 0 saturated carbocycles. The molecule has 0 aliphatic rings. The molecule has 0 unspecified atom stereocenters. The van der Waals surface area contributed by atoms with Crippen molar-refractivity contribution in [3.63, 3.8) is 0 Å². The second-order valence-corrected chi connectivity index (χ2v) is 4.67. The first-order valence-electron chi connectivity index (χ1n) is 3.63. The molecule has 0 aliphatic heterocycles. The molecule has 13 heavy (non-hydrogen) atoms. The van der Waals surface area contributed by atoms with E-state index in [1.165, 1.54) is 16.7 Å². The fourth-order valence-electron chi connectivity index (χ4n) is 1.20. The second-order valence-electron chi connectivity index (χ2n) is 2.67. The van der Waals surface area contributed by atoms with Gasteiger partial charge < -0.3 is 0 Å². The van der Waals surface area contributed by atoms with Gasteiger partial charge >= 0.3 is 0 Å². The number of thiophene rings is 1. The standard InChI is InChI=1S/C9H5BrClFS/c10-7-2-5(3-11)1-6-8(12)4-13-9(6)7/h1-2,4H,3H2. The van der Waals surface area contributed by atoms with Crippen LogP contribution >= 0.6 is 38.9 Å². The molecule has 1 heterocycles. The minimum atomic E-state index is -0.173. The summed E-state index contributed by atoms with van der Waals surface area (Å²) in [6.07, 6.45) is 0. The lowest BCUT2D eigenvalue weighted by atomic mass is 10.2. The van der Waals surface area contributed by atoms with Crippen LogP contribution in [0.25, 0.3) is 10.1 Å². The van der Waals surface area contributed by atoms with E-state index >= 15 is 0 Å². The van der Waals surface area contributed by atoms with Crippen molar-refractivity contribution in [2.75, 3.05) is 0 Å². The molecule has 0 aliphatic carbocycles. The fraction of sp³-hybridized carbons (Fsp3) is 0.111. The van der Waals surface area contributed by atoms with Crippen LogP contribution in [0, 0.1) is 5.82 Å². The van der Waals surface area contributed by atoms with Gasteiger partial charge in [0.15, 0.2) is 0 Å². The van der Waals surface area contributed by atoms with Gasteiger partial charge in [-0.15, -0.1) is 22.9 Å². The SMILES string of the molecule is Fc1csc2c(Br)cc(CCl)cc12. The Morgan fingerprint density at radius 1 is 1.46 bits per heavy atom. The van der Waals surface area contributed by atoms with Gasteiger partial charge in [0.25, 0.3) is 0 Å². The Morgan fingerprint density at radius 2 is 2.23 bits per heavy atom. The zero-order chi connectivity index (χ0) is 9.42. The van der Waals surface area contributed by atoms with Crippen LogP contribution in [0.3, 0.4) is 0 Å². The van der Waals surface area contributed by atoms with E-state index in [0.717, 1.165) is 14.7 Å². The van der Waals surface area contributed by atoms with E-state index < -0.39 is 0 Å². The van der Waals surface area contributed by atoms with Crippen LogP contribution in [-0.2, 0) is 5.88 Å². The van der Waals surface area contributed by atoms with Gasteiger partial charge in [-0.2, -0.15) is 0 Å². The van der Waals surface area contributed by atoms with Crippen LogP contribution < -0.4 is 0 Å². The molecule has 4 heteroatoms. The predicted molar refractivity (Wildman–Crippen MR) is 59.0 cm³/mol. The third-order valence-corrected chi connectivity index (χ3v) is 3.99. The quantitative estimate of drug-likeness (QED) is 0.672. The van der Waals surface area contributed by atoms with E-state index in [1.807, 2.05) is 6.07 Å². The number of rotatable bonds is 1. The Hall–Kier alpha value is -0.120. The van der Waals surface area contributed by atoms with Crippen molar-refractivity contribution in [2.24, 2.45) is 0 Å². The molecule has 0 saturated heterocycles. The van der Waals surface area contributed by atoms with E-state index in [2.05, 4.69) is 15.9 Å². The maximum Gasteiger partial charge on any atom is 0.141 e. The van der Waals surface area contributed by atoms with Crippen LogP contribution in [0.5, 0.6) is 0 Å². The molecule has 0 bridgehead atoms. The molecule has 0 fully saturated rings. The third kappa shape index (κ3) is 1.60. The lowest BCUT2D eigenvalue weighted by Gasteiger charge is -1.98. The normalized spacial score (nSPS) is 11.0. The van der Waals surface area contributed by atoms with Crippen LogP contribution in [0.2, 0.25) is 0 Å². The van der Waals surface area contributed by atoms with E-state index in [-0.39, 0.29) is 5.82 Å². The average molecular weight is 280 g/mol. The first-order valence-corrected chi connectivity index (χ1v) is 5.84. The molecular weight excluding hydrogens is 275 g/mol.